The molecule has 154 valence electrons. The molecule has 0 aliphatic carbocycles. The molecule has 0 unspecified atom stereocenters. The minimum Gasteiger partial charge on any atom is -0.494 e. The van der Waals surface area contributed by atoms with Crippen LogP contribution in [0.25, 0.3) is 6.08 Å². The zero-order valence-electron chi connectivity index (χ0n) is 16.4. The van der Waals surface area contributed by atoms with Crippen molar-refractivity contribution in [3.05, 3.63) is 59.4 Å². The van der Waals surface area contributed by atoms with Crippen LogP contribution < -0.4 is 19.5 Å². The molecule has 7 nitrogen and oxygen atoms in total. The molecule has 1 N–H and O–H groups in total. The lowest BCUT2D eigenvalue weighted by Crippen LogP contribution is -2.28. The molecule has 0 aliphatic heterocycles. The third kappa shape index (κ3) is 6.53. The van der Waals surface area contributed by atoms with Crippen LogP contribution in [0.2, 0.25) is 0 Å². The predicted octanol–water partition coefficient (Wildman–Crippen LogP) is 2.72. The highest BCUT2D eigenvalue weighted by atomic mass is 19.1. The van der Waals surface area contributed by atoms with Crippen LogP contribution in [-0.4, -0.2) is 39.8 Å². The van der Waals surface area contributed by atoms with Crippen LogP contribution in [0.4, 0.5) is 4.39 Å². The first-order valence-corrected chi connectivity index (χ1v) is 8.62. The minimum atomic E-state index is -0.720. The largest absolute Gasteiger partial charge is 0.494 e. The van der Waals surface area contributed by atoms with Crippen molar-refractivity contribution in [1.29, 1.82) is 0 Å². The molecule has 0 bridgehead atoms. The number of halogens is 1. The molecule has 1 amide bonds. The number of methoxy groups -OCH3 is 3. The molecule has 0 saturated carbocycles. The first kappa shape index (κ1) is 21.7. The first-order valence-electron chi connectivity index (χ1n) is 8.62. The Labute approximate surface area is 168 Å². The van der Waals surface area contributed by atoms with Gasteiger partial charge in [-0.2, -0.15) is 0 Å². The molecule has 0 heterocycles. The number of ether oxygens (including phenoxy) is 4. The van der Waals surface area contributed by atoms with Crippen molar-refractivity contribution in [3.8, 4) is 17.2 Å². The SMILES string of the molecule is COc1ccc(/C=C/C(=O)OCC(=O)NCc2ccc(OC)c(OC)c2)cc1F. The first-order chi connectivity index (χ1) is 14.0. The summed E-state index contributed by atoms with van der Waals surface area (Å²) < 4.78 is 33.6. The van der Waals surface area contributed by atoms with E-state index >= 15 is 0 Å². The van der Waals surface area contributed by atoms with Gasteiger partial charge in [0.15, 0.2) is 29.7 Å². The maximum Gasteiger partial charge on any atom is 0.331 e. The summed E-state index contributed by atoms with van der Waals surface area (Å²) in [5.74, 6) is -0.487. The molecule has 2 aromatic carbocycles. The Hall–Kier alpha value is -3.55. The average Bonchev–Trinajstić information content (AvgIpc) is 2.74. The molecule has 29 heavy (non-hydrogen) atoms. The Bertz CT molecular complexity index is 897. The highest BCUT2D eigenvalue weighted by Gasteiger charge is 2.08. The van der Waals surface area contributed by atoms with Crippen molar-refractivity contribution < 1.29 is 32.9 Å². The summed E-state index contributed by atoms with van der Waals surface area (Å²) in [6, 6.07) is 9.50. The maximum atomic E-state index is 13.6. The van der Waals surface area contributed by atoms with Gasteiger partial charge in [0.25, 0.3) is 5.91 Å². The standard InChI is InChI=1S/C21H22FNO6/c1-26-17-7-4-14(10-16(17)22)6-9-21(25)29-13-20(24)23-12-15-5-8-18(27-2)19(11-15)28-3/h4-11H,12-13H2,1-3H3,(H,23,24)/b9-6+. The van der Waals surface area contributed by atoms with E-state index in [0.29, 0.717) is 17.1 Å². The van der Waals surface area contributed by atoms with Crippen LogP contribution in [0, 0.1) is 5.82 Å². The van der Waals surface area contributed by atoms with Gasteiger partial charge < -0.3 is 24.3 Å². The van der Waals surface area contributed by atoms with E-state index < -0.39 is 24.3 Å². The highest BCUT2D eigenvalue weighted by Crippen LogP contribution is 2.27. The van der Waals surface area contributed by atoms with Gasteiger partial charge in [-0.3, -0.25) is 4.79 Å². The molecule has 0 atom stereocenters. The zero-order valence-corrected chi connectivity index (χ0v) is 16.4. The third-order valence-electron chi connectivity index (χ3n) is 3.87. The van der Waals surface area contributed by atoms with Crippen LogP contribution in [0.3, 0.4) is 0 Å². The quantitative estimate of drug-likeness (QED) is 0.512. The van der Waals surface area contributed by atoms with E-state index in [1.165, 1.54) is 39.5 Å². The second kappa shape index (κ2) is 10.7. The van der Waals surface area contributed by atoms with Gasteiger partial charge in [0.2, 0.25) is 0 Å². The van der Waals surface area contributed by atoms with Crippen molar-refractivity contribution in [2.24, 2.45) is 0 Å². The average molecular weight is 403 g/mol. The molecule has 0 radical (unpaired) electrons. The van der Waals surface area contributed by atoms with E-state index in [0.717, 1.165) is 11.6 Å². The van der Waals surface area contributed by atoms with Crippen LogP contribution in [0.15, 0.2) is 42.5 Å². The van der Waals surface area contributed by atoms with E-state index in [9.17, 15) is 14.0 Å². The summed E-state index contributed by atoms with van der Waals surface area (Å²) >= 11 is 0. The molecular formula is C21H22FNO6. The number of carbonyl (C=O) groups excluding carboxylic acids is 2. The summed E-state index contributed by atoms with van der Waals surface area (Å²) in [5, 5.41) is 2.64. The number of hydrogen-bond donors (Lipinski definition) is 1. The fraction of sp³-hybridized carbons (Fsp3) is 0.238. The number of rotatable bonds is 9. The molecule has 0 aromatic heterocycles. The smallest absolute Gasteiger partial charge is 0.331 e. The fourth-order valence-electron chi connectivity index (χ4n) is 2.38. The van der Waals surface area contributed by atoms with Crippen molar-refractivity contribution in [2.45, 2.75) is 6.54 Å². The van der Waals surface area contributed by atoms with Gasteiger partial charge in [-0.1, -0.05) is 12.1 Å². The number of nitrogens with one attached hydrogen (secondary N) is 1. The van der Waals surface area contributed by atoms with Crippen LogP contribution in [0.1, 0.15) is 11.1 Å². The van der Waals surface area contributed by atoms with E-state index in [4.69, 9.17) is 18.9 Å². The second-order valence-electron chi connectivity index (χ2n) is 5.80. The molecule has 0 aliphatic rings. The van der Waals surface area contributed by atoms with Gasteiger partial charge in [0.1, 0.15) is 0 Å². The van der Waals surface area contributed by atoms with Crippen LogP contribution in [0.5, 0.6) is 17.2 Å². The van der Waals surface area contributed by atoms with E-state index in [-0.39, 0.29) is 12.3 Å². The summed E-state index contributed by atoms with van der Waals surface area (Å²) in [6.07, 6.45) is 2.50. The summed E-state index contributed by atoms with van der Waals surface area (Å²) in [4.78, 5) is 23.6. The summed E-state index contributed by atoms with van der Waals surface area (Å²) in [6.45, 7) is -0.203. The molecule has 2 aromatic rings. The van der Waals surface area contributed by atoms with Gasteiger partial charge in [-0.15, -0.1) is 0 Å². The van der Waals surface area contributed by atoms with E-state index in [1.54, 1.807) is 24.3 Å². The van der Waals surface area contributed by atoms with Crippen LogP contribution >= 0.6 is 0 Å². The number of esters is 1. The lowest BCUT2D eigenvalue weighted by Gasteiger charge is -2.10. The van der Waals surface area contributed by atoms with Crippen molar-refractivity contribution in [3.63, 3.8) is 0 Å². The molecule has 0 saturated heterocycles. The third-order valence-corrected chi connectivity index (χ3v) is 3.87. The monoisotopic (exact) mass is 403 g/mol. The topological polar surface area (TPSA) is 83.1 Å². The van der Waals surface area contributed by atoms with Gasteiger partial charge in [-0.25, -0.2) is 9.18 Å². The summed E-state index contributed by atoms with van der Waals surface area (Å²) in [5.41, 5.74) is 1.25. The molecule has 2 rings (SSSR count). The van der Waals surface area contributed by atoms with Gasteiger partial charge in [0.05, 0.1) is 21.3 Å². The maximum absolute atomic E-state index is 13.6. The van der Waals surface area contributed by atoms with Crippen LogP contribution in [-0.2, 0) is 20.9 Å². The normalized spacial score (nSPS) is 10.5. The number of amides is 1. The van der Waals surface area contributed by atoms with Gasteiger partial charge in [-0.05, 0) is 41.5 Å². The van der Waals surface area contributed by atoms with Crippen molar-refractivity contribution in [1.82, 2.24) is 5.32 Å². The van der Waals surface area contributed by atoms with Gasteiger partial charge >= 0.3 is 5.97 Å². The molecule has 0 spiro atoms. The van der Waals surface area contributed by atoms with Gasteiger partial charge in [0, 0.05) is 12.6 Å². The Morgan fingerprint density at radius 1 is 0.966 bits per heavy atom. The zero-order chi connectivity index (χ0) is 21.2. The minimum absolute atomic E-state index is 0.107. The molecular weight excluding hydrogens is 381 g/mol. The molecule has 8 heteroatoms. The Kier molecular flexibility index (Phi) is 8.02. The second-order valence-corrected chi connectivity index (χ2v) is 5.80. The Morgan fingerprint density at radius 2 is 1.66 bits per heavy atom. The number of benzene rings is 2. The number of carbonyl (C=O) groups is 2. The van der Waals surface area contributed by atoms with Crippen molar-refractivity contribution in [2.75, 3.05) is 27.9 Å². The van der Waals surface area contributed by atoms with Crippen molar-refractivity contribution >= 4 is 18.0 Å². The fourth-order valence-corrected chi connectivity index (χ4v) is 2.38. The van der Waals surface area contributed by atoms with E-state index in [2.05, 4.69) is 5.32 Å². The predicted molar refractivity (Wildman–Crippen MR) is 104 cm³/mol. The number of hydrogen-bond acceptors (Lipinski definition) is 6. The Balaban J connectivity index is 1.80. The lowest BCUT2D eigenvalue weighted by atomic mass is 10.2. The summed E-state index contributed by atoms with van der Waals surface area (Å²) in [7, 11) is 4.42. The lowest BCUT2D eigenvalue weighted by molar-refractivity contribution is -0.143. The Morgan fingerprint density at radius 3 is 2.31 bits per heavy atom. The highest BCUT2D eigenvalue weighted by molar-refractivity contribution is 5.89. The molecule has 0 fully saturated rings. The van der Waals surface area contributed by atoms with E-state index in [1.807, 2.05) is 0 Å².